The molecule has 4 rings (SSSR count). The number of ether oxygens (including phenoxy) is 1. The molecule has 0 N–H and O–H groups in total. The molecule has 5 nitrogen and oxygen atoms in total. The molecule has 1 aromatic carbocycles. The lowest BCUT2D eigenvalue weighted by Gasteiger charge is -2.49. The number of benzene rings is 1. The fraction of sp³-hybridized carbons (Fsp3) is 0.682. The zero-order chi connectivity index (χ0) is 18.7. The Morgan fingerprint density at radius 3 is 2.70 bits per heavy atom. The summed E-state index contributed by atoms with van der Waals surface area (Å²) in [5, 5.41) is 0. The molecular formula is C22H33N3O2. The van der Waals surface area contributed by atoms with Gasteiger partial charge in [-0.25, -0.2) is 0 Å². The fourth-order valence-electron chi connectivity index (χ4n) is 4.58. The molecule has 3 aliphatic rings. The van der Waals surface area contributed by atoms with Crippen molar-refractivity contribution in [3.05, 3.63) is 30.3 Å². The van der Waals surface area contributed by atoms with Crippen LogP contribution in [0.2, 0.25) is 0 Å². The Labute approximate surface area is 163 Å². The summed E-state index contributed by atoms with van der Waals surface area (Å²) in [7, 11) is 2.25. The van der Waals surface area contributed by atoms with Crippen LogP contribution in [0.1, 0.15) is 32.1 Å². The molecule has 148 valence electrons. The number of likely N-dealkylation sites (N-methyl/N-ethyl adjacent to an activating group) is 1. The highest BCUT2D eigenvalue weighted by molar-refractivity contribution is 5.76. The highest BCUT2D eigenvalue weighted by atomic mass is 16.5. The molecular weight excluding hydrogens is 338 g/mol. The van der Waals surface area contributed by atoms with Crippen molar-refractivity contribution in [1.29, 1.82) is 0 Å². The number of nitrogens with zero attached hydrogens (tertiary/aromatic N) is 3. The number of rotatable bonds is 6. The average molecular weight is 372 g/mol. The maximum Gasteiger partial charge on any atom is 0.222 e. The van der Waals surface area contributed by atoms with Crippen LogP contribution < -0.4 is 4.74 Å². The zero-order valence-electron chi connectivity index (χ0n) is 16.6. The first-order chi connectivity index (χ1) is 13.1. The lowest BCUT2D eigenvalue weighted by Crippen LogP contribution is -2.61. The maximum atomic E-state index is 12.6. The van der Waals surface area contributed by atoms with E-state index in [1.54, 1.807) is 0 Å². The van der Waals surface area contributed by atoms with E-state index in [-0.39, 0.29) is 5.54 Å². The largest absolute Gasteiger partial charge is 0.492 e. The van der Waals surface area contributed by atoms with Crippen LogP contribution in [0, 0.1) is 5.92 Å². The van der Waals surface area contributed by atoms with E-state index in [0.29, 0.717) is 12.3 Å². The summed E-state index contributed by atoms with van der Waals surface area (Å²) in [6.07, 6.45) is 5.40. The number of carbonyl (C=O) groups excluding carboxylic acids is 1. The smallest absolute Gasteiger partial charge is 0.222 e. The molecule has 1 aromatic rings. The van der Waals surface area contributed by atoms with Crippen LogP contribution in [-0.2, 0) is 4.79 Å². The van der Waals surface area contributed by atoms with Crippen molar-refractivity contribution in [2.45, 2.75) is 37.6 Å². The summed E-state index contributed by atoms with van der Waals surface area (Å²) in [6.45, 7) is 6.78. The minimum atomic E-state index is 0.138. The topological polar surface area (TPSA) is 36.0 Å². The molecule has 1 atom stereocenters. The van der Waals surface area contributed by atoms with Crippen molar-refractivity contribution in [3.8, 4) is 5.75 Å². The van der Waals surface area contributed by atoms with Crippen LogP contribution >= 0.6 is 0 Å². The molecule has 1 spiro atoms. The van der Waals surface area contributed by atoms with E-state index in [0.717, 1.165) is 70.4 Å². The van der Waals surface area contributed by atoms with Gasteiger partial charge in [-0.15, -0.1) is 0 Å². The van der Waals surface area contributed by atoms with E-state index in [2.05, 4.69) is 21.7 Å². The third-order valence-corrected chi connectivity index (χ3v) is 6.68. The van der Waals surface area contributed by atoms with Gasteiger partial charge in [-0.05, 0) is 50.8 Å². The van der Waals surface area contributed by atoms with E-state index >= 15 is 0 Å². The molecule has 0 unspecified atom stereocenters. The van der Waals surface area contributed by atoms with E-state index in [9.17, 15) is 4.79 Å². The number of carbonyl (C=O) groups is 1. The van der Waals surface area contributed by atoms with Crippen LogP contribution in [-0.4, -0.2) is 79.1 Å². The number of hydrogen-bond donors (Lipinski definition) is 0. The van der Waals surface area contributed by atoms with Gasteiger partial charge in [0.25, 0.3) is 0 Å². The van der Waals surface area contributed by atoms with E-state index < -0.39 is 0 Å². The van der Waals surface area contributed by atoms with Gasteiger partial charge in [-0.3, -0.25) is 14.6 Å². The number of likely N-dealkylation sites (tertiary alicyclic amines) is 1. The minimum absolute atomic E-state index is 0.138. The van der Waals surface area contributed by atoms with E-state index in [1.165, 1.54) is 12.8 Å². The SMILES string of the molecule is CN1CCN(CCOc2ccccc2)C[C@]12CCC(=O)N(CC1CC1)CC2. The monoisotopic (exact) mass is 371 g/mol. The van der Waals surface area contributed by atoms with Crippen molar-refractivity contribution in [1.82, 2.24) is 14.7 Å². The Morgan fingerprint density at radius 1 is 1.11 bits per heavy atom. The van der Waals surface area contributed by atoms with Crippen molar-refractivity contribution in [2.75, 3.05) is 52.9 Å². The van der Waals surface area contributed by atoms with Gasteiger partial charge in [0.15, 0.2) is 0 Å². The molecule has 5 heteroatoms. The van der Waals surface area contributed by atoms with Crippen LogP contribution in [0.25, 0.3) is 0 Å². The summed E-state index contributed by atoms with van der Waals surface area (Å²) < 4.78 is 5.90. The van der Waals surface area contributed by atoms with Gasteiger partial charge in [-0.1, -0.05) is 18.2 Å². The van der Waals surface area contributed by atoms with E-state index in [1.807, 2.05) is 30.3 Å². The van der Waals surface area contributed by atoms with E-state index in [4.69, 9.17) is 4.74 Å². The number of amides is 1. The molecule has 1 amide bonds. The summed E-state index contributed by atoms with van der Waals surface area (Å²) in [5.41, 5.74) is 0.138. The lowest BCUT2D eigenvalue weighted by atomic mass is 9.86. The Bertz CT molecular complexity index is 634. The van der Waals surface area contributed by atoms with Crippen molar-refractivity contribution in [2.24, 2.45) is 5.92 Å². The third-order valence-electron chi connectivity index (χ3n) is 6.68. The maximum absolute atomic E-state index is 12.6. The van der Waals surface area contributed by atoms with Crippen LogP contribution in [0.4, 0.5) is 0 Å². The molecule has 1 saturated carbocycles. The Hall–Kier alpha value is -1.59. The van der Waals surface area contributed by atoms with Gasteiger partial charge >= 0.3 is 0 Å². The number of para-hydroxylation sites is 1. The molecule has 27 heavy (non-hydrogen) atoms. The minimum Gasteiger partial charge on any atom is -0.492 e. The lowest BCUT2D eigenvalue weighted by molar-refractivity contribution is -0.131. The van der Waals surface area contributed by atoms with Gasteiger partial charge < -0.3 is 9.64 Å². The van der Waals surface area contributed by atoms with Crippen molar-refractivity contribution < 1.29 is 9.53 Å². The second-order valence-electron chi connectivity index (χ2n) is 8.62. The summed E-state index contributed by atoms with van der Waals surface area (Å²) in [6, 6.07) is 10.1. The molecule has 0 bridgehead atoms. The Kier molecular flexibility index (Phi) is 5.69. The summed E-state index contributed by atoms with van der Waals surface area (Å²) in [4.78, 5) is 19.8. The quantitative estimate of drug-likeness (QED) is 0.770. The first-order valence-electron chi connectivity index (χ1n) is 10.5. The normalized spacial score (nSPS) is 27.7. The predicted octanol–water partition coefficient (Wildman–Crippen LogP) is 2.47. The first kappa shape index (κ1) is 18.8. The third kappa shape index (κ3) is 4.64. The average Bonchev–Trinajstić information content (AvgIpc) is 3.51. The summed E-state index contributed by atoms with van der Waals surface area (Å²) >= 11 is 0. The molecule has 0 aromatic heterocycles. The van der Waals surface area contributed by atoms with Crippen LogP contribution in [0.5, 0.6) is 5.75 Å². The molecule has 2 saturated heterocycles. The molecule has 0 radical (unpaired) electrons. The van der Waals surface area contributed by atoms with Gasteiger partial charge in [0.2, 0.25) is 5.91 Å². The second kappa shape index (κ2) is 8.19. The predicted molar refractivity (Wildman–Crippen MR) is 107 cm³/mol. The van der Waals surface area contributed by atoms with Gasteiger partial charge in [-0.2, -0.15) is 0 Å². The molecule has 2 heterocycles. The van der Waals surface area contributed by atoms with Crippen LogP contribution in [0.15, 0.2) is 30.3 Å². The molecule has 1 aliphatic carbocycles. The van der Waals surface area contributed by atoms with Gasteiger partial charge in [0.05, 0.1) is 0 Å². The molecule has 3 fully saturated rings. The van der Waals surface area contributed by atoms with Gasteiger partial charge in [0, 0.05) is 51.2 Å². The fourth-order valence-corrected chi connectivity index (χ4v) is 4.58. The highest BCUT2D eigenvalue weighted by Gasteiger charge is 2.42. The first-order valence-corrected chi connectivity index (χ1v) is 10.5. The van der Waals surface area contributed by atoms with Crippen LogP contribution in [0.3, 0.4) is 0 Å². The highest BCUT2D eigenvalue weighted by Crippen LogP contribution is 2.35. The van der Waals surface area contributed by atoms with Crippen molar-refractivity contribution in [3.63, 3.8) is 0 Å². The summed E-state index contributed by atoms with van der Waals surface area (Å²) in [5.74, 6) is 2.09. The molecule has 2 aliphatic heterocycles. The Balaban J connectivity index is 1.32. The van der Waals surface area contributed by atoms with Crippen molar-refractivity contribution >= 4 is 5.91 Å². The van der Waals surface area contributed by atoms with Gasteiger partial charge in [0.1, 0.15) is 12.4 Å². The second-order valence-corrected chi connectivity index (χ2v) is 8.62. The zero-order valence-corrected chi connectivity index (χ0v) is 16.6. The Morgan fingerprint density at radius 2 is 1.93 bits per heavy atom. The standard InChI is InChI=1S/C22H33N3O2/c1-23-13-14-24(15-16-27-20-5-3-2-4-6-20)18-22(23)10-9-21(26)25(12-11-22)17-19-7-8-19/h2-6,19H,7-18H2,1H3/t22-/m1/s1. The number of hydrogen-bond acceptors (Lipinski definition) is 4. The number of piperazine rings is 1.